The third kappa shape index (κ3) is 3.13. The topological polar surface area (TPSA) is 53.8 Å². The highest BCUT2D eigenvalue weighted by Gasteiger charge is 2.32. The van der Waals surface area contributed by atoms with Gasteiger partial charge in [0.1, 0.15) is 0 Å². The second kappa shape index (κ2) is 3.46. The van der Waals surface area contributed by atoms with E-state index in [2.05, 4.69) is 15.5 Å². The summed E-state index contributed by atoms with van der Waals surface area (Å²) in [6, 6.07) is 0. The third-order valence-corrected chi connectivity index (χ3v) is 2.18. The van der Waals surface area contributed by atoms with Crippen molar-refractivity contribution in [3.05, 3.63) is 0 Å². The van der Waals surface area contributed by atoms with Crippen molar-refractivity contribution in [2.24, 2.45) is 10.2 Å². The van der Waals surface area contributed by atoms with E-state index < -0.39 is 0 Å². The normalized spacial score (nSPS) is 18.0. The van der Waals surface area contributed by atoms with Gasteiger partial charge < -0.3 is 5.32 Å². The van der Waals surface area contributed by atoms with Gasteiger partial charge in [-0.05, 0) is 6.92 Å². The van der Waals surface area contributed by atoms with Crippen molar-refractivity contribution in [1.82, 2.24) is 5.32 Å². The number of carbonyl (C=O) groups excluding carboxylic acids is 1. The van der Waals surface area contributed by atoms with Crippen molar-refractivity contribution in [2.75, 3.05) is 11.0 Å². The Hall–Kier alpha value is -0.200. The zero-order valence-electron chi connectivity index (χ0n) is 6.30. The van der Waals surface area contributed by atoms with E-state index in [0.29, 0.717) is 11.0 Å². The summed E-state index contributed by atoms with van der Waals surface area (Å²) in [5.74, 6) is 0.0786. The molecule has 1 N–H and O–H groups in total. The fourth-order valence-corrected chi connectivity index (χ4v) is 0.941. The number of nitrogens with one attached hydrogen (secondary N) is 1. The minimum atomic E-state index is -0.182. The van der Waals surface area contributed by atoms with Crippen molar-refractivity contribution in [3.63, 3.8) is 0 Å². The van der Waals surface area contributed by atoms with Crippen LogP contribution in [0.2, 0.25) is 0 Å². The van der Waals surface area contributed by atoms with Gasteiger partial charge in [0, 0.05) is 13.0 Å². The summed E-state index contributed by atoms with van der Waals surface area (Å²) < 4.78 is 0.517. The van der Waals surface area contributed by atoms with Gasteiger partial charge >= 0.3 is 0 Å². The molecule has 1 rings (SSSR count). The number of nitrogens with zero attached hydrogens (tertiary/aromatic N) is 2. The molecule has 1 heterocycles. The molecule has 0 radical (unpaired) electrons. The molecule has 0 saturated carbocycles. The molecule has 0 aromatic rings. The lowest BCUT2D eigenvalue weighted by atomic mass is 10.2. The number of hydrogen-bond acceptors (Lipinski definition) is 3. The lowest BCUT2D eigenvalue weighted by Crippen LogP contribution is -2.27. The Balaban J connectivity index is 2.00. The molecule has 0 spiro atoms. The number of amides is 1. The Kier molecular flexibility index (Phi) is 2.80. The van der Waals surface area contributed by atoms with E-state index in [4.69, 9.17) is 0 Å². The van der Waals surface area contributed by atoms with E-state index in [9.17, 15) is 4.79 Å². The first-order valence-electron chi connectivity index (χ1n) is 3.43. The SMILES string of the molecule is CC1(CCNC(=O)CI)N=N1. The van der Waals surface area contributed by atoms with Crippen LogP contribution in [0.5, 0.6) is 0 Å². The summed E-state index contributed by atoms with van der Waals surface area (Å²) in [5.41, 5.74) is -0.182. The molecule has 0 aromatic carbocycles. The number of rotatable bonds is 4. The smallest absolute Gasteiger partial charge is 0.229 e. The van der Waals surface area contributed by atoms with Crippen LogP contribution in [0.1, 0.15) is 13.3 Å². The summed E-state index contributed by atoms with van der Waals surface area (Å²) in [5, 5.41) is 10.4. The summed E-state index contributed by atoms with van der Waals surface area (Å²) in [4.78, 5) is 10.7. The van der Waals surface area contributed by atoms with Crippen molar-refractivity contribution >= 4 is 28.5 Å². The molecule has 11 heavy (non-hydrogen) atoms. The van der Waals surface area contributed by atoms with Gasteiger partial charge in [0.15, 0.2) is 5.66 Å². The van der Waals surface area contributed by atoms with E-state index in [1.54, 1.807) is 0 Å². The van der Waals surface area contributed by atoms with Gasteiger partial charge in [0.2, 0.25) is 5.91 Å². The van der Waals surface area contributed by atoms with Crippen LogP contribution >= 0.6 is 22.6 Å². The predicted octanol–water partition coefficient (Wildman–Crippen LogP) is 1.11. The zero-order chi connectivity index (χ0) is 8.32. The summed E-state index contributed by atoms with van der Waals surface area (Å²) in [6.07, 6.45) is 0.815. The fourth-order valence-electron chi connectivity index (χ4n) is 0.671. The third-order valence-electron chi connectivity index (χ3n) is 1.48. The first-order valence-corrected chi connectivity index (χ1v) is 4.95. The lowest BCUT2D eigenvalue weighted by molar-refractivity contribution is -0.118. The first kappa shape index (κ1) is 8.89. The summed E-state index contributed by atoms with van der Waals surface area (Å²) >= 11 is 2.03. The van der Waals surface area contributed by atoms with Crippen molar-refractivity contribution in [1.29, 1.82) is 0 Å². The van der Waals surface area contributed by atoms with Crippen molar-refractivity contribution in [2.45, 2.75) is 19.0 Å². The van der Waals surface area contributed by atoms with Crippen LogP contribution in [0, 0.1) is 0 Å². The van der Waals surface area contributed by atoms with Gasteiger partial charge in [-0.25, -0.2) is 0 Å². The maximum absolute atomic E-state index is 10.7. The van der Waals surface area contributed by atoms with E-state index in [-0.39, 0.29) is 11.6 Å². The van der Waals surface area contributed by atoms with Crippen LogP contribution in [-0.4, -0.2) is 22.5 Å². The number of carbonyl (C=O) groups is 1. The van der Waals surface area contributed by atoms with E-state index in [1.165, 1.54) is 0 Å². The largest absolute Gasteiger partial charge is 0.355 e. The molecule has 0 bridgehead atoms. The van der Waals surface area contributed by atoms with Crippen molar-refractivity contribution in [3.8, 4) is 0 Å². The standard InChI is InChI=1S/C6H10IN3O/c1-6(9-10-6)2-3-8-5(11)4-7/h2-4H2,1H3,(H,8,11). The minimum absolute atomic E-state index is 0.0786. The van der Waals surface area contributed by atoms with Gasteiger partial charge in [-0.15, -0.1) is 0 Å². The summed E-state index contributed by atoms with van der Waals surface area (Å²) in [6.45, 7) is 2.62. The molecular formula is C6H10IN3O. The van der Waals surface area contributed by atoms with Crippen LogP contribution in [0.15, 0.2) is 10.2 Å². The molecule has 62 valence electrons. The molecule has 5 heteroatoms. The van der Waals surface area contributed by atoms with Gasteiger partial charge in [-0.2, -0.15) is 10.2 Å². The van der Waals surface area contributed by atoms with Crippen LogP contribution in [0.4, 0.5) is 0 Å². The van der Waals surface area contributed by atoms with E-state index in [0.717, 1.165) is 6.42 Å². The van der Waals surface area contributed by atoms with E-state index in [1.807, 2.05) is 29.5 Å². The quantitative estimate of drug-likeness (QED) is 0.602. The van der Waals surface area contributed by atoms with Gasteiger partial charge in [0.25, 0.3) is 0 Å². The average Bonchev–Trinajstić information content (AvgIpc) is 2.68. The molecule has 0 aromatic heterocycles. The molecular weight excluding hydrogens is 257 g/mol. The Morgan fingerprint density at radius 2 is 2.27 bits per heavy atom. The maximum atomic E-state index is 10.7. The highest BCUT2D eigenvalue weighted by molar-refractivity contribution is 14.1. The number of hydrogen-bond donors (Lipinski definition) is 1. The molecule has 0 fully saturated rings. The van der Waals surface area contributed by atoms with Crippen LogP contribution in [-0.2, 0) is 4.79 Å². The molecule has 0 atom stereocenters. The fraction of sp³-hybridized carbons (Fsp3) is 0.833. The Morgan fingerprint density at radius 1 is 1.64 bits per heavy atom. The highest BCUT2D eigenvalue weighted by Crippen LogP contribution is 2.29. The molecule has 1 aliphatic heterocycles. The van der Waals surface area contributed by atoms with Crippen LogP contribution < -0.4 is 5.32 Å². The first-order chi connectivity index (χ1) is 5.16. The van der Waals surface area contributed by atoms with Gasteiger partial charge in [-0.1, -0.05) is 22.6 Å². The molecule has 4 nitrogen and oxygen atoms in total. The minimum Gasteiger partial charge on any atom is -0.355 e. The number of halogens is 1. The molecule has 0 unspecified atom stereocenters. The molecule has 1 aliphatic rings. The van der Waals surface area contributed by atoms with Crippen molar-refractivity contribution < 1.29 is 4.79 Å². The van der Waals surface area contributed by atoms with Crippen LogP contribution in [0.3, 0.4) is 0 Å². The molecule has 1 amide bonds. The molecule has 0 saturated heterocycles. The Morgan fingerprint density at radius 3 is 2.73 bits per heavy atom. The van der Waals surface area contributed by atoms with Gasteiger partial charge in [0.05, 0.1) is 4.43 Å². The number of alkyl halides is 1. The maximum Gasteiger partial charge on any atom is 0.229 e. The average molecular weight is 267 g/mol. The second-order valence-electron chi connectivity index (χ2n) is 2.65. The highest BCUT2D eigenvalue weighted by atomic mass is 127. The Labute approximate surface area is 79.0 Å². The van der Waals surface area contributed by atoms with Gasteiger partial charge in [-0.3, -0.25) is 4.79 Å². The lowest BCUT2D eigenvalue weighted by Gasteiger charge is -2.03. The van der Waals surface area contributed by atoms with Crippen LogP contribution in [0.25, 0.3) is 0 Å². The second-order valence-corrected chi connectivity index (χ2v) is 3.41. The summed E-state index contributed by atoms with van der Waals surface area (Å²) in [7, 11) is 0. The molecule has 0 aliphatic carbocycles. The predicted molar refractivity (Wildman–Crippen MR) is 49.8 cm³/mol. The Bertz CT molecular complexity index is 186. The zero-order valence-corrected chi connectivity index (χ0v) is 8.46. The monoisotopic (exact) mass is 267 g/mol. The van der Waals surface area contributed by atoms with E-state index >= 15 is 0 Å².